The van der Waals surface area contributed by atoms with Crippen LogP contribution in [0.3, 0.4) is 0 Å². The first-order valence-corrected chi connectivity index (χ1v) is 5.43. The van der Waals surface area contributed by atoms with Crippen LogP contribution in [0, 0.1) is 0 Å². The van der Waals surface area contributed by atoms with Crippen molar-refractivity contribution in [2.75, 3.05) is 18.0 Å². The molecule has 0 aliphatic carbocycles. The van der Waals surface area contributed by atoms with Gasteiger partial charge in [-0.15, -0.1) is 12.4 Å². The Morgan fingerprint density at radius 2 is 1.81 bits per heavy atom. The first-order valence-electron chi connectivity index (χ1n) is 5.43. The molecule has 16 heavy (non-hydrogen) atoms. The van der Waals surface area contributed by atoms with E-state index in [4.69, 9.17) is 0 Å². The average molecular weight is 244 g/mol. The zero-order valence-corrected chi connectivity index (χ0v) is 9.99. The molecular formula is C12H18ClNO2. The largest absolute Gasteiger partial charge is 0.393 e. The van der Waals surface area contributed by atoms with Crippen LogP contribution >= 0.6 is 12.4 Å². The molecule has 0 amide bonds. The fraction of sp³-hybridized carbons (Fsp3) is 0.500. The lowest BCUT2D eigenvalue weighted by molar-refractivity contribution is 0.145. The Morgan fingerprint density at radius 1 is 1.19 bits per heavy atom. The van der Waals surface area contributed by atoms with E-state index < -0.39 is 0 Å². The lowest BCUT2D eigenvalue weighted by Crippen LogP contribution is -2.36. The molecule has 1 aromatic carbocycles. The number of hydrogen-bond acceptors (Lipinski definition) is 3. The highest BCUT2D eigenvalue weighted by atomic mass is 35.5. The lowest BCUT2D eigenvalue weighted by atomic mass is 10.1. The molecule has 0 spiro atoms. The van der Waals surface area contributed by atoms with E-state index in [9.17, 15) is 10.2 Å². The second kappa shape index (κ2) is 6.09. The molecule has 0 radical (unpaired) electrons. The van der Waals surface area contributed by atoms with Gasteiger partial charge in [-0.2, -0.15) is 0 Å². The molecule has 1 aromatic rings. The van der Waals surface area contributed by atoms with Crippen LogP contribution in [0.1, 0.15) is 18.4 Å². The van der Waals surface area contributed by atoms with Gasteiger partial charge in [-0.3, -0.25) is 0 Å². The fourth-order valence-electron chi connectivity index (χ4n) is 2.06. The summed E-state index contributed by atoms with van der Waals surface area (Å²) in [5, 5.41) is 18.6. The van der Waals surface area contributed by atoms with E-state index in [1.54, 1.807) is 0 Å². The highest BCUT2D eigenvalue weighted by Gasteiger charge is 2.18. The first kappa shape index (κ1) is 13.3. The molecule has 0 saturated carbocycles. The number of halogens is 1. The van der Waals surface area contributed by atoms with Crippen LogP contribution < -0.4 is 4.90 Å². The number of piperidine rings is 1. The van der Waals surface area contributed by atoms with E-state index >= 15 is 0 Å². The highest BCUT2D eigenvalue weighted by molar-refractivity contribution is 5.85. The molecule has 1 heterocycles. The van der Waals surface area contributed by atoms with E-state index in [1.165, 1.54) is 0 Å². The fourth-order valence-corrected chi connectivity index (χ4v) is 2.06. The van der Waals surface area contributed by atoms with Gasteiger partial charge in [-0.1, -0.05) is 18.2 Å². The van der Waals surface area contributed by atoms with E-state index in [0.29, 0.717) is 0 Å². The lowest BCUT2D eigenvalue weighted by Gasteiger charge is -2.32. The molecule has 4 heteroatoms. The minimum Gasteiger partial charge on any atom is -0.393 e. The molecule has 2 rings (SSSR count). The van der Waals surface area contributed by atoms with Crippen LogP contribution in [0.15, 0.2) is 24.3 Å². The quantitative estimate of drug-likeness (QED) is 0.829. The number of anilines is 1. The van der Waals surface area contributed by atoms with Gasteiger partial charge in [0, 0.05) is 24.3 Å². The Morgan fingerprint density at radius 3 is 2.44 bits per heavy atom. The number of hydrogen-bond donors (Lipinski definition) is 2. The third kappa shape index (κ3) is 2.88. The number of rotatable bonds is 2. The summed E-state index contributed by atoms with van der Waals surface area (Å²) in [5.41, 5.74) is 2.07. The number of nitrogens with zero attached hydrogens (tertiary/aromatic N) is 1. The zero-order chi connectivity index (χ0) is 10.7. The number of para-hydroxylation sites is 1. The summed E-state index contributed by atoms with van der Waals surface area (Å²) >= 11 is 0. The minimum atomic E-state index is -0.150. The maximum Gasteiger partial charge on any atom is 0.0702 e. The third-order valence-corrected chi connectivity index (χ3v) is 2.97. The van der Waals surface area contributed by atoms with Crippen LogP contribution in [0.4, 0.5) is 5.69 Å². The van der Waals surface area contributed by atoms with Crippen molar-refractivity contribution in [3.05, 3.63) is 29.8 Å². The van der Waals surface area contributed by atoms with Crippen LogP contribution in [-0.4, -0.2) is 29.4 Å². The van der Waals surface area contributed by atoms with E-state index in [2.05, 4.69) is 4.90 Å². The van der Waals surface area contributed by atoms with Crippen molar-refractivity contribution >= 4 is 18.1 Å². The van der Waals surface area contributed by atoms with Gasteiger partial charge in [-0.05, 0) is 18.9 Å². The summed E-state index contributed by atoms with van der Waals surface area (Å²) in [4.78, 5) is 2.23. The molecule has 3 nitrogen and oxygen atoms in total. The second-order valence-electron chi connectivity index (χ2n) is 4.01. The normalized spacial score (nSPS) is 17.0. The van der Waals surface area contributed by atoms with Crippen molar-refractivity contribution < 1.29 is 10.2 Å². The molecule has 0 unspecified atom stereocenters. The zero-order valence-electron chi connectivity index (χ0n) is 9.17. The van der Waals surface area contributed by atoms with Gasteiger partial charge < -0.3 is 15.1 Å². The monoisotopic (exact) mass is 243 g/mol. The molecule has 1 aliphatic rings. The topological polar surface area (TPSA) is 43.7 Å². The molecule has 0 bridgehead atoms. The third-order valence-electron chi connectivity index (χ3n) is 2.97. The summed E-state index contributed by atoms with van der Waals surface area (Å²) in [6.07, 6.45) is 1.49. The van der Waals surface area contributed by atoms with Gasteiger partial charge in [-0.25, -0.2) is 0 Å². The summed E-state index contributed by atoms with van der Waals surface area (Å²) in [5.74, 6) is 0. The van der Waals surface area contributed by atoms with Crippen molar-refractivity contribution in [1.29, 1.82) is 0 Å². The maximum atomic E-state index is 9.42. The number of benzene rings is 1. The first-order chi connectivity index (χ1) is 7.31. The number of aliphatic hydroxyl groups excluding tert-OH is 2. The van der Waals surface area contributed by atoms with E-state index in [1.807, 2.05) is 24.3 Å². The molecule has 0 atom stereocenters. The van der Waals surface area contributed by atoms with Crippen LogP contribution in [0.25, 0.3) is 0 Å². The van der Waals surface area contributed by atoms with E-state index in [-0.39, 0.29) is 25.1 Å². The Hall–Kier alpha value is -0.770. The Balaban J connectivity index is 0.00000128. The highest BCUT2D eigenvalue weighted by Crippen LogP contribution is 2.23. The smallest absolute Gasteiger partial charge is 0.0702 e. The summed E-state index contributed by atoms with van der Waals surface area (Å²) in [6.45, 7) is 1.82. The van der Waals surface area contributed by atoms with Crippen molar-refractivity contribution in [2.45, 2.75) is 25.6 Å². The summed E-state index contributed by atoms with van der Waals surface area (Å²) in [7, 11) is 0. The molecule has 1 fully saturated rings. The van der Waals surface area contributed by atoms with Crippen LogP contribution in [0.5, 0.6) is 0 Å². The predicted octanol–water partition coefficient (Wildman–Crippen LogP) is 1.56. The van der Waals surface area contributed by atoms with E-state index in [0.717, 1.165) is 37.2 Å². The SMILES string of the molecule is Cl.OCc1ccccc1N1CCC(O)CC1. The molecule has 2 N–H and O–H groups in total. The van der Waals surface area contributed by atoms with Crippen molar-refractivity contribution in [3.8, 4) is 0 Å². The average Bonchev–Trinajstić information content (AvgIpc) is 2.30. The van der Waals surface area contributed by atoms with Gasteiger partial charge in [0.15, 0.2) is 0 Å². The molecule has 1 saturated heterocycles. The Bertz CT molecular complexity index is 325. The van der Waals surface area contributed by atoms with Crippen LogP contribution in [0.2, 0.25) is 0 Å². The Labute approximate surface area is 102 Å². The van der Waals surface area contributed by atoms with Gasteiger partial charge in [0.1, 0.15) is 0 Å². The van der Waals surface area contributed by atoms with Gasteiger partial charge in [0.2, 0.25) is 0 Å². The second-order valence-corrected chi connectivity index (χ2v) is 4.01. The minimum absolute atomic E-state index is 0. The van der Waals surface area contributed by atoms with Crippen molar-refractivity contribution in [3.63, 3.8) is 0 Å². The van der Waals surface area contributed by atoms with Gasteiger partial charge >= 0.3 is 0 Å². The molecule has 90 valence electrons. The molecule has 0 aromatic heterocycles. The Kier molecular flexibility index (Phi) is 5.06. The van der Waals surface area contributed by atoms with Crippen molar-refractivity contribution in [1.82, 2.24) is 0 Å². The maximum absolute atomic E-state index is 9.42. The standard InChI is InChI=1S/C12H17NO2.ClH/c14-9-10-3-1-2-4-12(10)13-7-5-11(15)6-8-13;/h1-4,11,14-15H,5-9H2;1H. The molecule has 1 aliphatic heterocycles. The number of aliphatic hydroxyl groups is 2. The predicted molar refractivity (Wildman–Crippen MR) is 67.1 cm³/mol. The van der Waals surface area contributed by atoms with Gasteiger partial charge in [0.25, 0.3) is 0 Å². The molecular weight excluding hydrogens is 226 g/mol. The van der Waals surface area contributed by atoms with Crippen LogP contribution in [-0.2, 0) is 6.61 Å². The summed E-state index contributed by atoms with van der Waals surface area (Å²) < 4.78 is 0. The van der Waals surface area contributed by atoms with Gasteiger partial charge in [0.05, 0.1) is 12.7 Å². The van der Waals surface area contributed by atoms with Crippen molar-refractivity contribution in [2.24, 2.45) is 0 Å². The summed E-state index contributed by atoms with van der Waals surface area (Å²) in [6, 6.07) is 7.90.